The van der Waals surface area contributed by atoms with Gasteiger partial charge in [-0.05, 0) is 55.3 Å². The third-order valence-corrected chi connectivity index (χ3v) is 5.72. The highest BCUT2D eigenvalue weighted by Gasteiger charge is 2.22. The van der Waals surface area contributed by atoms with Gasteiger partial charge >= 0.3 is 0 Å². The molecule has 3 aromatic carbocycles. The first kappa shape index (κ1) is 22.6. The highest BCUT2D eigenvalue weighted by molar-refractivity contribution is 5.92. The molecule has 0 aliphatic carbocycles. The van der Waals surface area contributed by atoms with E-state index in [2.05, 4.69) is 15.5 Å². The van der Waals surface area contributed by atoms with E-state index in [-0.39, 0.29) is 24.3 Å². The maximum absolute atomic E-state index is 12.5. The van der Waals surface area contributed by atoms with Crippen LogP contribution in [-0.2, 0) is 11.4 Å². The zero-order valence-corrected chi connectivity index (χ0v) is 18.4. The Kier molecular flexibility index (Phi) is 7.44. The van der Waals surface area contributed by atoms with Crippen molar-refractivity contribution in [2.24, 2.45) is 0 Å². The second-order valence-corrected chi connectivity index (χ2v) is 8.15. The van der Waals surface area contributed by atoms with Gasteiger partial charge in [0.2, 0.25) is 5.91 Å². The molecule has 7 heteroatoms. The number of amides is 1. The van der Waals surface area contributed by atoms with Crippen LogP contribution in [0.15, 0.2) is 72.8 Å². The number of aliphatic hydroxyl groups is 1. The van der Waals surface area contributed by atoms with E-state index in [1.165, 1.54) is 0 Å². The molecule has 33 heavy (non-hydrogen) atoms. The van der Waals surface area contributed by atoms with E-state index in [1.54, 1.807) is 18.2 Å². The first-order chi connectivity index (χ1) is 16.1. The number of likely N-dealkylation sites (tertiary alicyclic amines) is 1. The van der Waals surface area contributed by atoms with Gasteiger partial charge in [-0.15, -0.1) is 0 Å². The van der Waals surface area contributed by atoms with Crippen molar-refractivity contribution in [3.8, 4) is 17.2 Å². The van der Waals surface area contributed by atoms with E-state index < -0.39 is 0 Å². The lowest BCUT2D eigenvalue weighted by atomic mass is 10.0. The van der Waals surface area contributed by atoms with Gasteiger partial charge in [0.15, 0.2) is 0 Å². The van der Waals surface area contributed by atoms with Crippen molar-refractivity contribution in [2.45, 2.75) is 25.5 Å². The Morgan fingerprint density at radius 1 is 0.939 bits per heavy atom. The van der Waals surface area contributed by atoms with Crippen LogP contribution in [0.1, 0.15) is 18.4 Å². The summed E-state index contributed by atoms with van der Waals surface area (Å²) in [7, 11) is 0. The molecule has 0 unspecified atom stereocenters. The molecule has 0 saturated carbocycles. The fourth-order valence-corrected chi connectivity index (χ4v) is 3.96. The smallest absolute Gasteiger partial charge is 0.238 e. The largest absolute Gasteiger partial charge is 0.506 e. The Bertz CT molecular complexity index is 1050. The minimum atomic E-state index is -0.130. The molecule has 0 spiro atoms. The Morgan fingerprint density at radius 2 is 1.64 bits per heavy atom. The monoisotopic (exact) mass is 447 g/mol. The molecule has 0 aromatic heterocycles. The lowest BCUT2D eigenvalue weighted by molar-refractivity contribution is -0.117. The molecule has 1 aliphatic rings. The molecule has 172 valence electrons. The number of nitrogens with one attached hydrogen (secondary N) is 2. The number of phenolic OH excluding ortho intramolecular Hbond substituents is 1. The van der Waals surface area contributed by atoms with Crippen LogP contribution in [0.5, 0.6) is 17.2 Å². The van der Waals surface area contributed by atoms with Crippen molar-refractivity contribution in [1.82, 2.24) is 4.90 Å². The summed E-state index contributed by atoms with van der Waals surface area (Å²) >= 11 is 0. The van der Waals surface area contributed by atoms with Crippen LogP contribution in [0.25, 0.3) is 0 Å². The summed E-state index contributed by atoms with van der Waals surface area (Å²) in [5.74, 6) is 1.56. The molecule has 0 atom stereocenters. The fraction of sp³-hybridized carbons (Fsp3) is 0.269. The number of rotatable bonds is 8. The van der Waals surface area contributed by atoms with Crippen LogP contribution in [-0.4, -0.2) is 46.7 Å². The summed E-state index contributed by atoms with van der Waals surface area (Å²) in [5, 5.41) is 25.9. The molecule has 1 aliphatic heterocycles. The number of hydrogen-bond acceptors (Lipinski definition) is 6. The van der Waals surface area contributed by atoms with Gasteiger partial charge in [0.05, 0.1) is 18.8 Å². The first-order valence-electron chi connectivity index (χ1n) is 11.1. The highest BCUT2D eigenvalue weighted by atomic mass is 16.5. The zero-order valence-electron chi connectivity index (χ0n) is 18.4. The van der Waals surface area contributed by atoms with E-state index in [4.69, 9.17) is 4.74 Å². The highest BCUT2D eigenvalue weighted by Crippen LogP contribution is 2.29. The van der Waals surface area contributed by atoms with Gasteiger partial charge in [-0.1, -0.05) is 30.3 Å². The molecule has 4 rings (SSSR count). The minimum Gasteiger partial charge on any atom is -0.506 e. The Morgan fingerprint density at radius 3 is 2.33 bits per heavy atom. The predicted molar refractivity (Wildman–Crippen MR) is 129 cm³/mol. The SMILES string of the molecule is O=C(CN1CCC(Nc2c(O)cccc2CO)CC1)Nc1ccc(Oc2ccccc2)cc1. The number of hydrogen-bond donors (Lipinski definition) is 4. The molecule has 1 heterocycles. The summed E-state index contributed by atoms with van der Waals surface area (Å²) in [5.41, 5.74) is 2.00. The van der Waals surface area contributed by atoms with Crippen LogP contribution in [0, 0.1) is 0 Å². The number of aromatic hydroxyl groups is 1. The average Bonchev–Trinajstić information content (AvgIpc) is 2.83. The van der Waals surface area contributed by atoms with Crippen molar-refractivity contribution < 1.29 is 19.7 Å². The molecule has 1 fully saturated rings. The molecule has 1 saturated heterocycles. The number of nitrogens with zero attached hydrogens (tertiary/aromatic N) is 1. The quantitative estimate of drug-likeness (QED) is 0.387. The standard InChI is InChI=1S/C26H29N3O4/c30-18-19-5-4-8-24(31)26(19)28-21-13-15-29(16-14-21)17-25(32)27-20-9-11-23(12-10-20)33-22-6-2-1-3-7-22/h1-12,21,28,30-31H,13-18H2,(H,27,32). The topological polar surface area (TPSA) is 94.1 Å². The number of carbonyl (C=O) groups excluding carboxylic acids is 1. The lowest BCUT2D eigenvalue weighted by Crippen LogP contribution is -2.42. The minimum absolute atomic E-state index is 0.0543. The van der Waals surface area contributed by atoms with Crippen LogP contribution in [0.2, 0.25) is 0 Å². The average molecular weight is 448 g/mol. The summed E-state index contributed by atoms with van der Waals surface area (Å²) in [6.07, 6.45) is 1.69. The van der Waals surface area contributed by atoms with Crippen molar-refractivity contribution in [2.75, 3.05) is 30.3 Å². The fourth-order valence-electron chi connectivity index (χ4n) is 3.96. The lowest BCUT2D eigenvalue weighted by Gasteiger charge is -2.32. The summed E-state index contributed by atoms with van der Waals surface area (Å²) < 4.78 is 5.78. The second kappa shape index (κ2) is 10.8. The molecular weight excluding hydrogens is 418 g/mol. The molecule has 0 radical (unpaired) electrons. The second-order valence-electron chi connectivity index (χ2n) is 8.15. The van der Waals surface area contributed by atoms with Gasteiger partial charge in [-0.25, -0.2) is 0 Å². The molecule has 1 amide bonds. The van der Waals surface area contributed by atoms with Gasteiger partial charge < -0.3 is 25.6 Å². The Balaban J connectivity index is 1.23. The molecular formula is C26H29N3O4. The van der Waals surface area contributed by atoms with E-state index >= 15 is 0 Å². The first-order valence-corrected chi connectivity index (χ1v) is 11.1. The van der Waals surface area contributed by atoms with E-state index in [0.29, 0.717) is 23.5 Å². The van der Waals surface area contributed by atoms with E-state index in [1.807, 2.05) is 54.6 Å². The van der Waals surface area contributed by atoms with Gasteiger partial charge in [-0.2, -0.15) is 0 Å². The van der Waals surface area contributed by atoms with E-state index in [9.17, 15) is 15.0 Å². The van der Waals surface area contributed by atoms with Crippen LogP contribution < -0.4 is 15.4 Å². The maximum Gasteiger partial charge on any atom is 0.238 e. The van der Waals surface area contributed by atoms with Crippen LogP contribution in [0.3, 0.4) is 0 Å². The Hall–Kier alpha value is -3.55. The van der Waals surface area contributed by atoms with Crippen molar-refractivity contribution in [3.63, 3.8) is 0 Å². The summed E-state index contributed by atoms with van der Waals surface area (Å²) in [4.78, 5) is 14.6. The Labute approximate surface area is 193 Å². The number of aliphatic hydroxyl groups excluding tert-OH is 1. The predicted octanol–water partition coefficient (Wildman–Crippen LogP) is 4.19. The zero-order chi connectivity index (χ0) is 23.0. The third kappa shape index (κ3) is 6.25. The molecule has 7 nitrogen and oxygen atoms in total. The van der Waals surface area contributed by atoms with Crippen LogP contribution >= 0.6 is 0 Å². The normalized spacial score (nSPS) is 14.6. The number of ether oxygens (including phenoxy) is 1. The molecule has 4 N–H and O–H groups in total. The molecule has 0 bridgehead atoms. The third-order valence-electron chi connectivity index (χ3n) is 5.72. The molecule has 3 aromatic rings. The number of para-hydroxylation sites is 2. The number of benzene rings is 3. The summed E-state index contributed by atoms with van der Waals surface area (Å²) in [6.45, 7) is 1.75. The van der Waals surface area contributed by atoms with Gasteiger partial charge in [-0.3, -0.25) is 9.69 Å². The van der Waals surface area contributed by atoms with Crippen LogP contribution in [0.4, 0.5) is 11.4 Å². The number of piperidine rings is 1. The van der Waals surface area contributed by atoms with Crippen molar-refractivity contribution >= 4 is 17.3 Å². The van der Waals surface area contributed by atoms with Gasteiger partial charge in [0.25, 0.3) is 0 Å². The van der Waals surface area contributed by atoms with Gasteiger partial charge in [0, 0.05) is 30.4 Å². The summed E-state index contributed by atoms with van der Waals surface area (Å²) in [6, 6.07) is 22.2. The maximum atomic E-state index is 12.5. The van der Waals surface area contributed by atoms with Crippen molar-refractivity contribution in [1.29, 1.82) is 0 Å². The number of carbonyl (C=O) groups is 1. The van der Waals surface area contributed by atoms with Gasteiger partial charge in [0.1, 0.15) is 17.2 Å². The van der Waals surface area contributed by atoms with Crippen molar-refractivity contribution in [3.05, 3.63) is 78.4 Å². The number of phenols is 1. The van der Waals surface area contributed by atoms with E-state index in [0.717, 1.165) is 37.4 Å². The number of anilines is 2.